The van der Waals surface area contributed by atoms with Crippen molar-refractivity contribution in [1.82, 2.24) is 9.55 Å². The summed E-state index contributed by atoms with van der Waals surface area (Å²) in [6.07, 6.45) is 6.15. The van der Waals surface area contributed by atoms with Crippen LogP contribution in [0.5, 0.6) is 0 Å². The highest BCUT2D eigenvalue weighted by Gasteiger charge is 2.43. The molecule has 1 aliphatic rings. The van der Waals surface area contributed by atoms with Crippen molar-refractivity contribution in [2.24, 2.45) is 0 Å². The summed E-state index contributed by atoms with van der Waals surface area (Å²) < 4.78 is 15.3. The van der Waals surface area contributed by atoms with E-state index in [0.717, 1.165) is 10.9 Å². The summed E-state index contributed by atoms with van der Waals surface area (Å²) in [5.41, 5.74) is 0.916. The molecule has 1 aromatic carbocycles. The van der Waals surface area contributed by atoms with Crippen molar-refractivity contribution in [3.63, 3.8) is 0 Å². The van der Waals surface area contributed by atoms with Gasteiger partial charge in [-0.3, -0.25) is 0 Å². The number of aromatic nitrogens is 2. The van der Waals surface area contributed by atoms with Gasteiger partial charge in [-0.1, -0.05) is 30.3 Å². The van der Waals surface area contributed by atoms with Crippen molar-refractivity contribution < 1.29 is 4.57 Å². The normalized spacial score (nSPS) is 30.3. The molecule has 3 nitrogen and oxygen atoms in total. The van der Waals surface area contributed by atoms with Gasteiger partial charge in [0.25, 0.3) is 0 Å². The van der Waals surface area contributed by atoms with Gasteiger partial charge in [-0.25, -0.2) is 4.98 Å². The number of rotatable bonds is 2. The Bertz CT molecular complexity index is 661. The molecule has 0 saturated heterocycles. The molecule has 0 saturated carbocycles. The van der Waals surface area contributed by atoms with Gasteiger partial charge in [0.1, 0.15) is 7.14 Å². The first-order chi connectivity index (χ1) is 9.05. The standard InChI is InChI=1S/C15H17N2OP/c1-13-10-19(18,14-6-4-3-5-7-14)11-15(13,2)17-9-8-16-12-17/h3-10,12H,11H2,1-2H3. The van der Waals surface area contributed by atoms with Gasteiger partial charge in [0, 0.05) is 23.9 Å². The van der Waals surface area contributed by atoms with Gasteiger partial charge in [0.2, 0.25) is 0 Å². The van der Waals surface area contributed by atoms with E-state index in [4.69, 9.17) is 0 Å². The van der Waals surface area contributed by atoms with Crippen LogP contribution in [0.25, 0.3) is 0 Å². The molecule has 2 unspecified atom stereocenters. The zero-order valence-electron chi connectivity index (χ0n) is 11.2. The Kier molecular flexibility index (Phi) is 2.75. The van der Waals surface area contributed by atoms with Gasteiger partial charge in [0.15, 0.2) is 0 Å². The van der Waals surface area contributed by atoms with Crippen molar-refractivity contribution in [2.45, 2.75) is 19.4 Å². The topological polar surface area (TPSA) is 34.9 Å². The molecule has 0 spiro atoms. The fourth-order valence-electron chi connectivity index (χ4n) is 2.76. The van der Waals surface area contributed by atoms with Gasteiger partial charge < -0.3 is 9.13 Å². The second-order valence-electron chi connectivity index (χ2n) is 5.35. The molecule has 4 heteroatoms. The number of imidazole rings is 1. The molecule has 1 aliphatic heterocycles. The Balaban J connectivity index is 2.06. The van der Waals surface area contributed by atoms with E-state index in [0.29, 0.717) is 6.16 Å². The van der Waals surface area contributed by atoms with E-state index in [2.05, 4.69) is 23.4 Å². The molecular formula is C15H17N2OP. The maximum atomic E-state index is 13.2. The fraction of sp³-hybridized carbons (Fsp3) is 0.267. The van der Waals surface area contributed by atoms with E-state index < -0.39 is 7.14 Å². The first-order valence-corrected chi connectivity index (χ1v) is 8.33. The van der Waals surface area contributed by atoms with Crippen LogP contribution in [0.1, 0.15) is 13.8 Å². The largest absolute Gasteiger partial charge is 0.327 e. The molecule has 0 aliphatic carbocycles. The monoisotopic (exact) mass is 272 g/mol. The second-order valence-corrected chi connectivity index (χ2v) is 8.03. The van der Waals surface area contributed by atoms with Crippen LogP contribution in [-0.4, -0.2) is 15.7 Å². The number of hydrogen-bond acceptors (Lipinski definition) is 2. The van der Waals surface area contributed by atoms with Crippen LogP contribution in [-0.2, 0) is 10.1 Å². The highest BCUT2D eigenvalue weighted by molar-refractivity contribution is 7.74. The maximum Gasteiger partial charge on any atom is 0.139 e. The molecule has 0 N–H and O–H groups in total. The molecule has 1 aromatic heterocycles. The third kappa shape index (κ3) is 1.89. The van der Waals surface area contributed by atoms with Crippen LogP contribution in [0.3, 0.4) is 0 Å². The van der Waals surface area contributed by atoms with E-state index in [1.54, 1.807) is 12.5 Å². The van der Waals surface area contributed by atoms with E-state index in [1.165, 1.54) is 0 Å². The molecule has 98 valence electrons. The van der Waals surface area contributed by atoms with Crippen LogP contribution in [0.4, 0.5) is 0 Å². The van der Waals surface area contributed by atoms with E-state index >= 15 is 0 Å². The minimum absolute atomic E-state index is 0.234. The molecule has 2 aromatic rings. The highest BCUT2D eigenvalue weighted by atomic mass is 31.2. The fourth-order valence-corrected chi connectivity index (χ4v) is 6.09. The van der Waals surface area contributed by atoms with E-state index in [-0.39, 0.29) is 5.54 Å². The maximum absolute atomic E-state index is 13.2. The lowest BCUT2D eigenvalue weighted by Crippen LogP contribution is -2.31. The molecule has 0 fully saturated rings. The van der Waals surface area contributed by atoms with Gasteiger partial charge in [0.05, 0.1) is 11.9 Å². The lowest BCUT2D eigenvalue weighted by atomic mass is 9.97. The average molecular weight is 272 g/mol. The molecule has 0 amide bonds. The number of hydrogen-bond donors (Lipinski definition) is 0. The summed E-state index contributed by atoms with van der Waals surface area (Å²) in [6, 6.07) is 9.78. The minimum atomic E-state index is -2.45. The third-order valence-corrected chi connectivity index (χ3v) is 7.12. The summed E-state index contributed by atoms with van der Waals surface area (Å²) in [5.74, 6) is 1.97. The number of benzene rings is 1. The lowest BCUT2D eigenvalue weighted by Gasteiger charge is -2.28. The van der Waals surface area contributed by atoms with E-state index in [1.807, 2.05) is 42.3 Å². The molecule has 2 heterocycles. The van der Waals surface area contributed by atoms with Gasteiger partial charge in [-0.2, -0.15) is 0 Å². The second kappa shape index (κ2) is 4.21. The molecule has 2 atom stereocenters. The summed E-state index contributed by atoms with van der Waals surface area (Å²) in [7, 11) is -2.45. The van der Waals surface area contributed by atoms with Crippen LogP contribution in [0, 0.1) is 0 Å². The SMILES string of the molecule is CC1=CP(=O)(c2ccccc2)CC1(C)n1ccnc1. The van der Waals surface area contributed by atoms with Crippen molar-refractivity contribution >= 4 is 12.4 Å². The Morgan fingerprint density at radius 1 is 1.32 bits per heavy atom. The van der Waals surface area contributed by atoms with Gasteiger partial charge in [-0.05, 0) is 25.2 Å². The minimum Gasteiger partial charge on any atom is -0.327 e. The zero-order chi connectivity index (χ0) is 13.5. The highest BCUT2D eigenvalue weighted by Crippen LogP contribution is 2.58. The van der Waals surface area contributed by atoms with E-state index in [9.17, 15) is 4.57 Å². The quantitative estimate of drug-likeness (QED) is 0.787. The van der Waals surface area contributed by atoms with Crippen LogP contribution < -0.4 is 5.30 Å². The average Bonchev–Trinajstić information content (AvgIpc) is 3.00. The summed E-state index contributed by atoms with van der Waals surface area (Å²) in [6.45, 7) is 4.19. The molecule has 0 radical (unpaired) electrons. The summed E-state index contributed by atoms with van der Waals surface area (Å²) >= 11 is 0. The van der Waals surface area contributed by atoms with Crippen LogP contribution in [0.2, 0.25) is 0 Å². The van der Waals surface area contributed by atoms with Crippen molar-refractivity contribution in [2.75, 3.05) is 6.16 Å². The predicted molar refractivity (Wildman–Crippen MR) is 78.2 cm³/mol. The zero-order valence-corrected chi connectivity index (χ0v) is 12.0. The Morgan fingerprint density at radius 2 is 2.05 bits per heavy atom. The van der Waals surface area contributed by atoms with Gasteiger partial charge in [-0.15, -0.1) is 0 Å². The molecule has 0 bridgehead atoms. The summed E-state index contributed by atoms with van der Waals surface area (Å²) in [4.78, 5) is 4.11. The van der Waals surface area contributed by atoms with Crippen LogP contribution >= 0.6 is 7.14 Å². The summed E-state index contributed by atoms with van der Waals surface area (Å²) in [5, 5.41) is 0.943. The molecule has 3 rings (SSSR count). The number of nitrogens with zero attached hydrogens (tertiary/aromatic N) is 2. The first kappa shape index (κ1) is 12.4. The predicted octanol–water partition coefficient (Wildman–Crippen LogP) is 3.20. The van der Waals surface area contributed by atoms with Crippen molar-refractivity contribution in [3.8, 4) is 0 Å². The first-order valence-electron chi connectivity index (χ1n) is 6.37. The Hall–Kier alpha value is -1.60. The van der Waals surface area contributed by atoms with Crippen molar-refractivity contribution in [1.29, 1.82) is 0 Å². The number of allylic oxidation sites excluding steroid dienone is 1. The lowest BCUT2D eigenvalue weighted by molar-refractivity contribution is 0.434. The van der Waals surface area contributed by atoms with Gasteiger partial charge >= 0.3 is 0 Å². The van der Waals surface area contributed by atoms with Crippen LogP contribution in [0.15, 0.2) is 60.4 Å². The Labute approximate surface area is 113 Å². The third-order valence-electron chi connectivity index (χ3n) is 4.06. The molecule has 19 heavy (non-hydrogen) atoms. The van der Waals surface area contributed by atoms with Crippen molar-refractivity contribution in [3.05, 3.63) is 60.4 Å². The Morgan fingerprint density at radius 3 is 2.68 bits per heavy atom. The smallest absolute Gasteiger partial charge is 0.139 e. The molecular weight excluding hydrogens is 255 g/mol.